The maximum atomic E-state index is 11.5. The van der Waals surface area contributed by atoms with Crippen LogP contribution in [-0.2, 0) is 0 Å². The highest BCUT2D eigenvalue weighted by Gasteiger charge is 2.26. The number of nitrogens with zero attached hydrogens (tertiary/aromatic N) is 4. The smallest absolute Gasteiger partial charge is 0.351 e. The van der Waals surface area contributed by atoms with Crippen LogP contribution in [0.5, 0.6) is 0 Å². The lowest BCUT2D eigenvalue weighted by Crippen LogP contribution is -2.24. The molecule has 0 bridgehead atoms. The quantitative estimate of drug-likeness (QED) is 0.614. The molecule has 0 radical (unpaired) electrons. The molecule has 7 nitrogen and oxygen atoms in total. The van der Waals surface area contributed by atoms with Crippen LogP contribution in [0.3, 0.4) is 0 Å². The van der Waals surface area contributed by atoms with E-state index in [1.165, 1.54) is 6.33 Å². The van der Waals surface area contributed by atoms with Gasteiger partial charge in [0.1, 0.15) is 6.33 Å². The van der Waals surface area contributed by atoms with Crippen molar-refractivity contribution in [2.75, 3.05) is 23.3 Å². The summed E-state index contributed by atoms with van der Waals surface area (Å²) in [4.78, 5) is 20.8. The molecule has 0 saturated carbocycles. The molecule has 1 aromatic heterocycles. The zero-order chi connectivity index (χ0) is 17.0. The van der Waals surface area contributed by atoms with Gasteiger partial charge in [-0.05, 0) is 32.0 Å². The van der Waals surface area contributed by atoms with E-state index in [1.54, 1.807) is 23.1 Å². The Balaban J connectivity index is 2.49. The van der Waals surface area contributed by atoms with Crippen molar-refractivity contribution in [2.24, 2.45) is 0 Å². The van der Waals surface area contributed by atoms with Crippen LogP contribution >= 0.6 is 23.2 Å². The number of hydrogen-bond acceptors (Lipinski definition) is 6. The fourth-order valence-electron chi connectivity index (χ4n) is 2.10. The Kier molecular flexibility index (Phi) is 5.57. The zero-order valence-electron chi connectivity index (χ0n) is 12.6. The van der Waals surface area contributed by atoms with E-state index in [0.29, 0.717) is 28.8 Å². The Morgan fingerprint density at radius 1 is 1.26 bits per heavy atom. The molecule has 1 N–H and O–H groups in total. The van der Waals surface area contributed by atoms with Crippen LogP contribution < -0.4 is 10.2 Å². The third kappa shape index (κ3) is 3.80. The van der Waals surface area contributed by atoms with Gasteiger partial charge in [-0.3, -0.25) is 10.1 Å². The second-order valence-electron chi connectivity index (χ2n) is 4.57. The summed E-state index contributed by atoms with van der Waals surface area (Å²) < 4.78 is 0. The molecule has 1 aromatic carbocycles. The highest BCUT2D eigenvalue weighted by atomic mass is 35.5. The van der Waals surface area contributed by atoms with Gasteiger partial charge >= 0.3 is 5.69 Å². The third-order valence-electron chi connectivity index (χ3n) is 3.23. The van der Waals surface area contributed by atoms with Crippen molar-refractivity contribution in [1.82, 2.24) is 9.97 Å². The standard InChI is InChI=1S/C14H15Cl2N5O2/c1-3-20(4-2)14-12(21(22)23)13(17-8-18-14)19-11-6-5-9(15)7-10(11)16/h5-8H,3-4H2,1-2H3,(H,17,18,19). The molecule has 2 rings (SSSR count). The monoisotopic (exact) mass is 355 g/mol. The van der Waals surface area contributed by atoms with Gasteiger partial charge in [0.2, 0.25) is 11.6 Å². The molecular formula is C14H15Cl2N5O2. The van der Waals surface area contributed by atoms with Crippen LogP contribution in [0, 0.1) is 10.1 Å². The molecule has 0 unspecified atom stereocenters. The summed E-state index contributed by atoms with van der Waals surface area (Å²) in [6, 6.07) is 4.81. The molecular weight excluding hydrogens is 341 g/mol. The molecule has 0 atom stereocenters. The number of rotatable bonds is 6. The van der Waals surface area contributed by atoms with E-state index in [2.05, 4.69) is 15.3 Å². The summed E-state index contributed by atoms with van der Waals surface area (Å²) in [7, 11) is 0. The van der Waals surface area contributed by atoms with Crippen molar-refractivity contribution < 1.29 is 4.92 Å². The Morgan fingerprint density at radius 3 is 2.52 bits per heavy atom. The lowest BCUT2D eigenvalue weighted by atomic mass is 10.3. The first-order valence-electron chi connectivity index (χ1n) is 6.94. The van der Waals surface area contributed by atoms with Gasteiger partial charge in [-0.15, -0.1) is 0 Å². The summed E-state index contributed by atoms with van der Waals surface area (Å²) in [5.41, 5.74) is 0.283. The van der Waals surface area contributed by atoms with Crippen molar-refractivity contribution in [3.63, 3.8) is 0 Å². The average molecular weight is 356 g/mol. The molecule has 0 spiro atoms. The first kappa shape index (κ1) is 17.2. The molecule has 0 fully saturated rings. The van der Waals surface area contributed by atoms with Crippen molar-refractivity contribution in [2.45, 2.75) is 13.8 Å². The van der Waals surface area contributed by atoms with Gasteiger partial charge in [-0.1, -0.05) is 23.2 Å². The van der Waals surface area contributed by atoms with E-state index in [1.807, 2.05) is 13.8 Å². The fraction of sp³-hybridized carbons (Fsp3) is 0.286. The molecule has 23 heavy (non-hydrogen) atoms. The first-order chi connectivity index (χ1) is 11.0. The van der Waals surface area contributed by atoms with Crippen LogP contribution in [-0.4, -0.2) is 28.0 Å². The van der Waals surface area contributed by atoms with Gasteiger partial charge in [0.15, 0.2) is 0 Å². The summed E-state index contributed by atoms with van der Waals surface area (Å²) in [6.45, 7) is 4.99. The molecule has 1 heterocycles. The second kappa shape index (κ2) is 7.43. The molecule has 0 amide bonds. The number of anilines is 3. The Hall–Kier alpha value is -2.12. The normalized spacial score (nSPS) is 10.4. The van der Waals surface area contributed by atoms with E-state index in [0.717, 1.165) is 0 Å². The number of nitro groups is 1. The minimum Gasteiger partial charge on any atom is -0.351 e. The number of benzene rings is 1. The maximum Gasteiger partial charge on any atom is 0.353 e. The predicted molar refractivity (Wildman–Crippen MR) is 92.0 cm³/mol. The van der Waals surface area contributed by atoms with Crippen molar-refractivity contribution in [3.05, 3.63) is 44.7 Å². The van der Waals surface area contributed by atoms with Gasteiger partial charge in [0.25, 0.3) is 0 Å². The largest absolute Gasteiger partial charge is 0.353 e. The lowest BCUT2D eigenvalue weighted by Gasteiger charge is -2.20. The number of halogens is 2. The van der Waals surface area contributed by atoms with E-state index >= 15 is 0 Å². The summed E-state index contributed by atoms with van der Waals surface area (Å²) in [6.07, 6.45) is 1.28. The fourth-order valence-corrected chi connectivity index (χ4v) is 2.56. The van der Waals surface area contributed by atoms with E-state index < -0.39 is 4.92 Å². The van der Waals surface area contributed by atoms with Crippen LogP contribution in [0.25, 0.3) is 0 Å². The molecule has 0 aliphatic rings. The molecule has 0 saturated heterocycles. The molecule has 9 heteroatoms. The van der Waals surface area contributed by atoms with Gasteiger partial charge in [0, 0.05) is 18.1 Å². The minimum absolute atomic E-state index is 0.0797. The van der Waals surface area contributed by atoms with Crippen molar-refractivity contribution in [3.8, 4) is 0 Å². The van der Waals surface area contributed by atoms with Gasteiger partial charge in [-0.2, -0.15) is 0 Å². The zero-order valence-corrected chi connectivity index (χ0v) is 14.1. The minimum atomic E-state index is -0.500. The Morgan fingerprint density at radius 2 is 1.96 bits per heavy atom. The SMILES string of the molecule is CCN(CC)c1ncnc(Nc2ccc(Cl)cc2Cl)c1[N+](=O)[O-]. The van der Waals surface area contributed by atoms with Crippen LogP contribution in [0.1, 0.15) is 13.8 Å². The molecule has 122 valence electrons. The summed E-state index contributed by atoms with van der Waals surface area (Å²) in [5.74, 6) is 0.346. The predicted octanol–water partition coefficient (Wildman–Crippen LogP) is 4.28. The topological polar surface area (TPSA) is 84.2 Å². The van der Waals surface area contributed by atoms with Gasteiger partial charge in [0.05, 0.1) is 15.6 Å². The summed E-state index contributed by atoms with van der Waals surface area (Å²) >= 11 is 12.0. The first-order valence-corrected chi connectivity index (χ1v) is 7.69. The maximum absolute atomic E-state index is 11.5. The summed E-state index contributed by atoms with van der Waals surface area (Å²) in [5, 5.41) is 15.2. The molecule has 0 aliphatic carbocycles. The van der Waals surface area contributed by atoms with Crippen molar-refractivity contribution in [1.29, 1.82) is 0 Å². The molecule has 0 aliphatic heterocycles. The number of nitrogens with one attached hydrogen (secondary N) is 1. The van der Waals surface area contributed by atoms with E-state index in [4.69, 9.17) is 23.2 Å². The van der Waals surface area contributed by atoms with Crippen LogP contribution in [0.4, 0.5) is 23.0 Å². The third-order valence-corrected chi connectivity index (χ3v) is 3.78. The van der Waals surface area contributed by atoms with E-state index in [9.17, 15) is 10.1 Å². The van der Waals surface area contributed by atoms with Gasteiger partial charge < -0.3 is 10.2 Å². The highest BCUT2D eigenvalue weighted by molar-refractivity contribution is 6.36. The Labute approximate surface area is 143 Å². The number of aromatic nitrogens is 2. The lowest BCUT2D eigenvalue weighted by molar-refractivity contribution is -0.383. The van der Waals surface area contributed by atoms with Crippen molar-refractivity contribution >= 4 is 46.2 Å². The number of hydrogen-bond donors (Lipinski definition) is 1. The average Bonchev–Trinajstić information content (AvgIpc) is 2.51. The molecule has 2 aromatic rings. The second-order valence-corrected chi connectivity index (χ2v) is 5.42. The highest BCUT2D eigenvalue weighted by Crippen LogP contribution is 2.35. The van der Waals surface area contributed by atoms with E-state index in [-0.39, 0.29) is 17.3 Å². The van der Waals surface area contributed by atoms with Crippen LogP contribution in [0.2, 0.25) is 10.0 Å². The Bertz CT molecular complexity index is 722. The van der Waals surface area contributed by atoms with Gasteiger partial charge in [-0.25, -0.2) is 9.97 Å². The van der Waals surface area contributed by atoms with Crippen LogP contribution in [0.15, 0.2) is 24.5 Å².